The molecule has 5 aromatic rings. The highest BCUT2D eigenvalue weighted by Crippen LogP contribution is 2.28. The largest absolute Gasteiger partial charge is 0.287 e. The number of nitrogens with zero attached hydrogens (tertiary/aromatic N) is 5. The Labute approximate surface area is 168 Å². The van der Waals surface area contributed by atoms with E-state index in [0.29, 0.717) is 16.4 Å². The zero-order valence-electron chi connectivity index (χ0n) is 14.4. The lowest BCUT2D eigenvalue weighted by atomic mass is 10.1. The van der Waals surface area contributed by atoms with Crippen LogP contribution in [0.5, 0.6) is 0 Å². The molecular formula is C20H12ClN5OS. The molecule has 3 aromatic heterocycles. The third-order valence-corrected chi connectivity index (χ3v) is 5.35. The van der Waals surface area contributed by atoms with Crippen molar-refractivity contribution in [3.05, 3.63) is 88.8 Å². The van der Waals surface area contributed by atoms with Crippen molar-refractivity contribution in [3.63, 3.8) is 0 Å². The zero-order chi connectivity index (χ0) is 19.1. The Morgan fingerprint density at radius 3 is 2.61 bits per heavy atom. The molecule has 0 saturated heterocycles. The molecule has 0 atom stereocenters. The SMILES string of the molecule is O=C(c1cn(-c2ccc(Cl)cc2)nn1)c1c(-c2ccccc2)nc2sccn12. The molecule has 8 heteroatoms. The lowest BCUT2D eigenvalue weighted by Gasteiger charge is -2.02. The van der Waals surface area contributed by atoms with Crippen molar-refractivity contribution < 1.29 is 4.79 Å². The van der Waals surface area contributed by atoms with Gasteiger partial charge in [-0.2, -0.15) is 0 Å². The summed E-state index contributed by atoms with van der Waals surface area (Å²) >= 11 is 7.41. The molecule has 0 bridgehead atoms. The number of hydrogen-bond donors (Lipinski definition) is 0. The van der Waals surface area contributed by atoms with Crippen LogP contribution in [-0.2, 0) is 0 Å². The number of carbonyl (C=O) groups is 1. The fourth-order valence-electron chi connectivity index (χ4n) is 3.01. The van der Waals surface area contributed by atoms with E-state index in [1.807, 2.05) is 54.0 Å². The summed E-state index contributed by atoms with van der Waals surface area (Å²) in [5, 5.41) is 10.7. The molecule has 0 aliphatic carbocycles. The monoisotopic (exact) mass is 405 g/mol. The van der Waals surface area contributed by atoms with Gasteiger partial charge in [0.1, 0.15) is 11.4 Å². The second-order valence-corrected chi connectivity index (χ2v) is 7.39. The topological polar surface area (TPSA) is 65.1 Å². The standard InChI is InChI=1S/C20H12ClN5OS/c21-14-6-8-15(9-7-14)26-12-16(23-24-26)19(27)18-17(13-4-2-1-3-5-13)22-20-25(18)10-11-28-20/h1-12H. The number of thiazole rings is 1. The zero-order valence-corrected chi connectivity index (χ0v) is 15.9. The predicted molar refractivity (Wildman–Crippen MR) is 108 cm³/mol. The first-order chi connectivity index (χ1) is 13.7. The maximum atomic E-state index is 13.3. The van der Waals surface area contributed by atoms with Gasteiger partial charge in [-0.25, -0.2) is 9.67 Å². The van der Waals surface area contributed by atoms with E-state index in [-0.39, 0.29) is 11.5 Å². The number of ketones is 1. The molecule has 0 aliphatic rings. The average Bonchev–Trinajstić information content (AvgIpc) is 3.44. The van der Waals surface area contributed by atoms with E-state index >= 15 is 0 Å². The van der Waals surface area contributed by atoms with E-state index in [9.17, 15) is 4.79 Å². The van der Waals surface area contributed by atoms with E-state index < -0.39 is 0 Å². The van der Waals surface area contributed by atoms with Gasteiger partial charge in [0.05, 0.1) is 11.9 Å². The highest BCUT2D eigenvalue weighted by molar-refractivity contribution is 7.15. The first-order valence-corrected chi connectivity index (χ1v) is 9.70. The molecule has 2 aromatic carbocycles. The maximum absolute atomic E-state index is 13.3. The van der Waals surface area contributed by atoms with Gasteiger partial charge in [0.15, 0.2) is 10.7 Å². The van der Waals surface area contributed by atoms with E-state index in [4.69, 9.17) is 11.6 Å². The summed E-state index contributed by atoms with van der Waals surface area (Å²) in [7, 11) is 0. The Kier molecular flexibility index (Phi) is 4.03. The summed E-state index contributed by atoms with van der Waals surface area (Å²) < 4.78 is 3.36. The molecule has 5 rings (SSSR count). The van der Waals surface area contributed by atoms with Gasteiger partial charge in [0.2, 0.25) is 5.78 Å². The number of benzene rings is 2. The van der Waals surface area contributed by atoms with E-state index in [1.54, 1.807) is 27.4 Å². The van der Waals surface area contributed by atoms with E-state index in [0.717, 1.165) is 16.2 Å². The van der Waals surface area contributed by atoms with Gasteiger partial charge in [0, 0.05) is 22.2 Å². The summed E-state index contributed by atoms with van der Waals surface area (Å²) in [5.41, 5.74) is 3.02. The Balaban J connectivity index is 1.60. The number of hydrogen-bond acceptors (Lipinski definition) is 5. The average molecular weight is 406 g/mol. The predicted octanol–water partition coefficient (Wildman–Crippen LogP) is 4.53. The fraction of sp³-hybridized carbons (Fsp3) is 0. The van der Waals surface area contributed by atoms with Gasteiger partial charge in [-0.05, 0) is 24.3 Å². The second kappa shape index (κ2) is 6.70. The minimum absolute atomic E-state index is 0.232. The molecule has 0 fully saturated rings. The third-order valence-electron chi connectivity index (χ3n) is 4.34. The Morgan fingerprint density at radius 2 is 1.82 bits per heavy atom. The van der Waals surface area contributed by atoms with Crippen molar-refractivity contribution in [2.24, 2.45) is 0 Å². The van der Waals surface area contributed by atoms with Crippen molar-refractivity contribution in [1.82, 2.24) is 24.4 Å². The number of rotatable bonds is 4. The molecule has 28 heavy (non-hydrogen) atoms. The number of imidazole rings is 1. The molecule has 0 amide bonds. The number of aromatic nitrogens is 5. The molecule has 0 spiro atoms. The summed E-state index contributed by atoms with van der Waals surface area (Å²) in [6.07, 6.45) is 3.46. The summed E-state index contributed by atoms with van der Waals surface area (Å²) in [6.45, 7) is 0. The smallest absolute Gasteiger partial charge is 0.233 e. The quantitative estimate of drug-likeness (QED) is 0.412. The molecule has 0 radical (unpaired) electrons. The highest BCUT2D eigenvalue weighted by atomic mass is 35.5. The minimum atomic E-state index is -0.232. The first kappa shape index (κ1) is 16.9. The van der Waals surface area contributed by atoms with Gasteiger partial charge < -0.3 is 0 Å². The van der Waals surface area contributed by atoms with Gasteiger partial charge >= 0.3 is 0 Å². The van der Waals surface area contributed by atoms with Crippen LogP contribution in [0, 0.1) is 0 Å². The Bertz CT molecular complexity index is 1290. The second-order valence-electron chi connectivity index (χ2n) is 6.08. The fourth-order valence-corrected chi connectivity index (χ4v) is 3.85. The molecule has 0 saturated carbocycles. The van der Waals surface area contributed by atoms with Crippen molar-refractivity contribution in [2.45, 2.75) is 0 Å². The normalized spacial score (nSPS) is 11.2. The summed E-state index contributed by atoms with van der Waals surface area (Å²) in [4.78, 5) is 18.7. The van der Waals surface area contributed by atoms with Crippen LogP contribution >= 0.6 is 22.9 Å². The molecular weight excluding hydrogens is 394 g/mol. The van der Waals surface area contributed by atoms with Gasteiger partial charge in [-0.1, -0.05) is 47.1 Å². The van der Waals surface area contributed by atoms with Crippen LogP contribution < -0.4 is 0 Å². The van der Waals surface area contributed by atoms with Gasteiger partial charge in [-0.3, -0.25) is 9.20 Å². The third kappa shape index (κ3) is 2.81. The van der Waals surface area contributed by atoms with Crippen molar-refractivity contribution in [2.75, 3.05) is 0 Å². The van der Waals surface area contributed by atoms with Crippen molar-refractivity contribution in [1.29, 1.82) is 0 Å². The number of halogens is 1. The van der Waals surface area contributed by atoms with Crippen LogP contribution in [-0.4, -0.2) is 30.2 Å². The molecule has 3 heterocycles. The van der Waals surface area contributed by atoms with E-state index in [2.05, 4.69) is 15.3 Å². The van der Waals surface area contributed by atoms with Crippen LogP contribution in [0.2, 0.25) is 5.02 Å². The Hall–Kier alpha value is -3.29. The molecule has 136 valence electrons. The lowest BCUT2D eigenvalue weighted by Crippen LogP contribution is -2.07. The Morgan fingerprint density at radius 1 is 1.04 bits per heavy atom. The molecule has 6 nitrogen and oxygen atoms in total. The molecule has 0 N–H and O–H groups in total. The highest BCUT2D eigenvalue weighted by Gasteiger charge is 2.24. The van der Waals surface area contributed by atoms with Crippen LogP contribution in [0.3, 0.4) is 0 Å². The van der Waals surface area contributed by atoms with Gasteiger partial charge in [-0.15, -0.1) is 16.4 Å². The van der Waals surface area contributed by atoms with Crippen LogP contribution in [0.25, 0.3) is 21.9 Å². The van der Waals surface area contributed by atoms with Crippen LogP contribution in [0.4, 0.5) is 0 Å². The number of carbonyl (C=O) groups excluding carboxylic acids is 1. The first-order valence-electron chi connectivity index (χ1n) is 8.45. The minimum Gasteiger partial charge on any atom is -0.287 e. The van der Waals surface area contributed by atoms with Crippen molar-refractivity contribution >= 4 is 33.7 Å². The van der Waals surface area contributed by atoms with E-state index in [1.165, 1.54) is 11.3 Å². The molecule has 0 unspecified atom stereocenters. The summed E-state index contributed by atoms with van der Waals surface area (Å²) in [6, 6.07) is 16.8. The number of fused-ring (bicyclic) bond motifs is 1. The lowest BCUT2D eigenvalue weighted by molar-refractivity contribution is 0.102. The molecule has 0 aliphatic heterocycles. The van der Waals surface area contributed by atoms with Crippen molar-refractivity contribution in [3.8, 4) is 16.9 Å². The van der Waals surface area contributed by atoms with Crippen LogP contribution in [0.1, 0.15) is 16.2 Å². The van der Waals surface area contributed by atoms with Crippen LogP contribution in [0.15, 0.2) is 72.4 Å². The maximum Gasteiger partial charge on any atom is 0.233 e. The van der Waals surface area contributed by atoms with Gasteiger partial charge in [0.25, 0.3) is 0 Å². The summed E-state index contributed by atoms with van der Waals surface area (Å²) in [5.74, 6) is -0.232.